The van der Waals surface area contributed by atoms with Gasteiger partial charge in [-0.2, -0.15) is 0 Å². The number of hydrogen-bond acceptors (Lipinski definition) is 3. The molecular weight excluding hydrogens is 348 g/mol. The van der Waals surface area contributed by atoms with Gasteiger partial charge in [-0.05, 0) is 38.0 Å². The van der Waals surface area contributed by atoms with Crippen molar-refractivity contribution in [2.24, 2.45) is 5.92 Å². The highest BCUT2D eigenvalue weighted by atomic mass is 16.5. The summed E-state index contributed by atoms with van der Waals surface area (Å²) < 4.78 is 5.34. The minimum absolute atomic E-state index is 0.0718. The number of carbonyl (C=O) groups is 2. The Kier molecular flexibility index (Phi) is 14.6. The zero-order valence-corrected chi connectivity index (χ0v) is 18.3. The van der Waals surface area contributed by atoms with Crippen LogP contribution >= 0.6 is 0 Å². The van der Waals surface area contributed by atoms with Gasteiger partial charge in [-0.3, -0.25) is 9.59 Å². The minimum Gasteiger partial charge on any atom is -0.431 e. The van der Waals surface area contributed by atoms with Crippen LogP contribution in [-0.2, 0) is 14.3 Å². The Morgan fingerprint density at radius 3 is 2.11 bits per heavy atom. The van der Waals surface area contributed by atoms with Crippen molar-refractivity contribution < 1.29 is 14.3 Å². The van der Waals surface area contributed by atoms with Gasteiger partial charge in [0.25, 0.3) is 0 Å². The second kappa shape index (κ2) is 16.6. The molecule has 1 aliphatic carbocycles. The predicted octanol–water partition coefficient (Wildman–Crippen LogP) is 7.45. The van der Waals surface area contributed by atoms with Crippen molar-refractivity contribution in [1.29, 1.82) is 0 Å². The maximum Gasteiger partial charge on any atom is 0.310 e. The van der Waals surface area contributed by atoms with Crippen LogP contribution in [-0.4, -0.2) is 11.8 Å². The van der Waals surface area contributed by atoms with Crippen LogP contribution in [0.15, 0.2) is 24.0 Å². The van der Waals surface area contributed by atoms with E-state index < -0.39 is 0 Å². The first-order valence-corrected chi connectivity index (χ1v) is 11.7. The van der Waals surface area contributed by atoms with E-state index in [2.05, 4.69) is 19.1 Å². The Labute approximate surface area is 173 Å². The molecule has 0 saturated carbocycles. The Balaban J connectivity index is 1.89. The summed E-state index contributed by atoms with van der Waals surface area (Å²) in [5.41, 5.74) is 0. The number of esters is 1. The topological polar surface area (TPSA) is 43.4 Å². The number of carbonyl (C=O) groups excluding carboxylic acids is 2. The average molecular weight is 391 g/mol. The highest BCUT2D eigenvalue weighted by Crippen LogP contribution is 2.22. The van der Waals surface area contributed by atoms with E-state index in [0.29, 0.717) is 25.0 Å². The Morgan fingerprint density at radius 2 is 1.50 bits per heavy atom. The third kappa shape index (κ3) is 13.7. The Bertz CT molecular complexity index is 490. The van der Waals surface area contributed by atoms with E-state index in [1.165, 1.54) is 76.7 Å². The van der Waals surface area contributed by atoms with Gasteiger partial charge < -0.3 is 4.74 Å². The summed E-state index contributed by atoms with van der Waals surface area (Å²) in [6.07, 6.45) is 24.1. The smallest absolute Gasteiger partial charge is 0.310 e. The van der Waals surface area contributed by atoms with Gasteiger partial charge >= 0.3 is 5.97 Å². The monoisotopic (exact) mass is 390 g/mol. The molecule has 0 aromatic heterocycles. The molecule has 0 spiro atoms. The quantitative estimate of drug-likeness (QED) is 0.156. The van der Waals surface area contributed by atoms with E-state index in [1.54, 1.807) is 0 Å². The van der Waals surface area contributed by atoms with Crippen LogP contribution in [0.5, 0.6) is 0 Å². The number of ketones is 1. The molecule has 0 amide bonds. The summed E-state index contributed by atoms with van der Waals surface area (Å²) >= 11 is 0. The van der Waals surface area contributed by atoms with Gasteiger partial charge in [0, 0.05) is 25.3 Å². The van der Waals surface area contributed by atoms with Crippen molar-refractivity contribution in [2.75, 3.05) is 0 Å². The normalized spacial score (nSPS) is 17.1. The first-order valence-electron chi connectivity index (χ1n) is 11.7. The van der Waals surface area contributed by atoms with E-state index in [-0.39, 0.29) is 17.7 Å². The maximum absolute atomic E-state index is 11.9. The summed E-state index contributed by atoms with van der Waals surface area (Å²) in [7, 11) is 0. The van der Waals surface area contributed by atoms with Crippen molar-refractivity contribution >= 4 is 11.8 Å². The standard InChI is InChI=1S/C25H42O3/c1-3-4-5-6-7-8-9-10-11-12-13-14-15-16-17-18-25(27)28-24-20-22(2)19-23(26)21-24/h10-11,21-22H,3-9,12-20H2,1-2H3/b11-10-. The third-order valence-electron chi connectivity index (χ3n) is 5.31. The van der Waals surface area contributed by atoms with Crippen molar-refractivity contribution in [3.63, 3.8) is 0 Å². The van der Waals surface area contributed by atoms with Gasteiger partial charge in [-0.1, -0.05) is 77.4 Å². The summed E-state index contributed by atoms with van der Waals surface area (Å²) in [6, 6.07) is 0. The van der Waals surface area contributed by atoms with Crippen molar-refractivity contribution in [2.45, 2.75) is 117 Å². The van der Waals surface area contributed by atoms with E-state index in [9.17, 15) is 9.59 Å². The van der Waals surface area contributed by atoms with Crippen LogP contribution in [0.4, 0.5) is 0 Å². The van der Waals surface area contributed by atoms with E-state index in [1.807, 2.05) is 6.92 Å². The lowest BCUT2D eigenvalue weighted by molar-refractivity contribution is -0.140. The highest BCUT2D eigenvalue weighted by molar-refractivity contribution is 5.91. The van der Waals surface area contributed by atoms with Gasteiger partial charge in [0.2, 0.25) is 0 Å². The molecule has 0 radical (unpaired) electrons. The largest absolute Gasteiger partial charge is 0.431 e. The van der Waals surface area contributed by atoms with E-state index in [4.69, 9.17) is 4.74 Å². The number of rotatable bonds is 16. The summed E-state index contributed by atoms with van der Waals surface area (Å²) in [5.74, 6) is 0.718. The van der Waals surface area contributed by atoms with Crippen molar-refractivity contribution in [1.82, 2.24) is 0 Å². The van der Waals surface area contributed by atoms with E-state index in [0.717, 1.165) is 12.8 Å². The highest BCUT2D eigenvalue weighted by Gasteiger charge is 2.19. The van der Waals surface area contributed by atoms with Crippen LogP contribution in [0.1, 0.15) is 117 Å². The fourth-order valence-electron chi connectivity index (χ4n) is 3.66. The second-order valence-electron chi connectivity index (χ2n) is 8.40. The molecule has 0 N–H and O–H groups in total. The number of unbranched alkanes of at least 4 members (excludes halogenated alkanes) is 11. The van der Waals surface area contributed by atoms with Crippen LogP contribution < -0.4 is 0 Å². The van der Waals surface area contributed by atoms with Crippen LogP contribution in [0, 0.1) is 5.92 Å². The lowest BCUT2D eigenvalue weighted by Gasteiger charge is -2.17. The van der Waals surface area contributed by atoms with Crippen LogP contribution in [0.3, 0.4) is 0 Å². The van der Waals surface area contributed by atoms with E-state index >= 15 is 0 Å². The predicted molar refractivity (Wildman–Crippen MR) is 117 cm³/mol. The molecule has 3 heteroatoms. The van der Waals surface area contributed by atoms with Gasteiger partial charge in [0.05, 0.1) is 0 Å². The molecule has 0 heterocycles. The fraction of sp³-hybridized carbons (Fsp3) is 0.760. The third-order valence-corrected chi connectivity index (χ3v) is 5.31. The summed E-state index contributed by atoms with van der Waals surface area (Å²) in [4.78, 5) is 23.4. The van der Waals surface area contributed by atoms with Crippen molar-refractivity contribution in [3.8, 4) is 0 Å². The lowest BCUT2D eigenvalue weighted by Crippen LogP contribution is -2.15. The second-order valence-corrected chi connectivity index (χ2v) is 8.40. The molecule has 0 saturated heterocycles. The molecule has 3 nitrogen and oxygen atoms in total. The molecule has 160 valence electrons. The Hall–Kier alpha value is -1.38. The number of hydrogen-bond donors (Lipinski definition) is 0. The summed E-state index contributed by atoms with van der Waals surface area (Å²) in [5, 5.41) is 0. The number of allylic oxidation sites excluding steroid dienone is 4. The summed E-state index contributed by atoms with van der Waals surface area (Å²) in [6.45, 7) is 4.28. The van der Waals surface area contributed by atoms with Crippen molar-refractivity contribution in [3.05, 3.63) is 24.0 Å². The first-order chi connectivity index (χ1) is 13.6. The molecule has 0 aromatic rings. The molecule has 1 unspecified atom stereocenters. The van der Waals surface area contributed by atoms with Gasteiger partial charge in [-0.25, -0.2) is 0 Å². The lowest BCUT2D eigenvalue weighted by atomic mass is 9.94. The molecule has 0 aromatic carbocycles. The number of ether oxygens (including phenoxy) is 1. The molecule has 28 heavy (non-hydrogen) atoms. The molecule has 1 atom stereocenters. The molecule has 0 fully saturated rings. The van der Waals surface area contributed by atoms with Gasteiger partial charge in [0.15, 0.2) is 5.78 Å². The zero-order chi connectivity index (χ0) is 20.5. The fourth-order valence-corrected chi connectivity index (χ4v) is 3.66. The minimum atomic E-state index is -0.189. The molecule has 1 aliphatic rings. The maximum atomic E-state index is 11.9. The molecular formula is C25H42O3. The molecule has 0 bridgehead atoms. The van der Waals surface area contributed by atoms with Gasteiger partial charge in [0.1, 0.15) is 5.76 Å². The molecule has 0 aliphatic heterocycles. The first kappa shape index (κ1) is 24.7. The van der Waals surface area contributed by atoms with Crippen LogP contribution in [0.2, 0.25) is 0 Å². The van der Waals surface area contributed by atoms with Crippen LogP contribution in [0.25, 0.3) is 0 Å². The average Bonchev–Trinajstić information content (AvgIpc) is 2.64. The SMILES string of the molecule is CCCCCCCC/C=C\CCCCCCCC(=O)OC1=CC(=O)CC(C)C1. The zero-order valence-electron chi connectivity index (χ0n) is 18.3. The molecule has 1 rings (SSSR count). The Morgan fingerprint density at radius 1 is 0.929 bits per heavy atom. The van der Waals surface area contributed by atoms with Gasteiger partial charge in [-0.15, -0.1) is 0 Å².